The predicted octanol–water partition coefficient (Wildman–Crippen LogP) is 0.384. The molecule has 9 nitrogen and oxygen atoms in total. The second kappa shape index (κ2) is 4.96. The lowest BCUT2D eigenvalue weighted by Gasteiger charge is -2.03. The lowest BCUT2D eigenvalue weighted by atomic mass is 10.3. The van der Waals surface area contributed by atoms with E-state index in [2.05, 4.69) is 30.4 Å². The van der Waals surface area contributed by atoms with Gasteiger partial charge in [-0.25, -0.2) is 9.97 Å². The largest absolute Gasteiger partial charge is 0.506 e. The van der Waals surface area contributed by atoms with Crippen LogP contribution in [0.1, 0.15) is 0 Å². The first kappa shape index (κ1) is 12.7. The zero-order chi connectivity index (χ0) is 14.8. The molecule has 104 valence electrons. The number of aromatic nitrogens is 6. The van der Waals surface area contributed by atoms with Crippen molar-refractivity contribution in [3.05, 3.63) is 30.6 Å². The minimum atomic E-state index is -0.174. The van der Waals surface area contributed by atoms with Crippen molar-refractivity contribution in [3.63, 3.8) is 0 Å². The second-order valence-electron chi connectivity index (χ2n) is 4.05. The molecule has 0 saturated carbocycles. The van der Waals surface area contributed by atoms with Gasteiger partial charge in [0.25, 0.3) is 0 Å². The first-order valence-corrected chi connectivity index (χ1v) is 5.82. The molecule has 0 saturated heterocycles. The number of hydrogen-bond donors (Lipinski definition) is 3. The van der Waals surface area contributed by atoms with Gasteiger partial charge in [-0.15, -0.1) is 20.4 Å². The molecule has 0 bridgehead atoms. The first-order valence-electron chi connectivity index (χ1n) is 5.82. The minimum absolute atomic E-state index is 0.0340. The standard InChI is InChI=1S/C12H9N7O2/c13-6-4-8(21)10(15-5-6)12-18-16-11(17-19-12)9-7(20)2-1-3-14-9/h1-5,20-21H,13H2. The molecule has 3 rings (SSSR count). The van der Waals surface area contributed by atoms with Crippen LogP contribution in [0.15, 0.2) is 30.6 Å². The molecule has 0 unspecified atom stereocenters. The summed E-state index contributed by atoms with van der Waals surface area (Å²) in [5, 5.41) is 34.7. The Bertz CT molecular complexity index is 792. The molecule has 0 amide bonds. The fourth-order valence-corrected chi connectivity index (χ4v) is 1.63. The number of nitrogens with zero attached hydrogens (tertiary/aromatic N) is 6. The highest BCUT2D eigenvalue weighted by Gasteiger charge is 2.14. The summed E-state index contributed by atoms with van der Waals surface area (Å²) in [4.78, 5) is 7.87. The molecule has 21 heavy (non-hydrogen) atoms. The summed E-state index contributed by atoms with van der Waals surface area (Å²) >= 11 is 0. The van der Waals surface area contributed by atoms with E-state index in [0.717, 1.165) is 0 Å². The average molecular weight is 283 g/mol. The summed E-state index contributed by atoms with van der Waals surface area (Å²) < 4.78 is 0. The summed E-state index contributed by atoms with van der Waals surface area (Å²) in [5.41, 5.74) is 6.08. The van der Waals surface area contributed by atoms with Crippen molar-refractivity contribution >= 4 is 5.69 Å². The molecule has 0 aliphatic rings. The monoisotopic (exact) mass is 283 g/mol. The Labute approximate surface area is 118 Å². The van der Waals surface area contributed by atoms with Crippen molar-refractivity contribution in [1.29, 1.82) is 0 Å². The third-order valence-electron chi connectivity index (χ3n) is 2.58. The maximum Gasteiger partial charge on any atom is 0.225 e. The highest BCUT2D eigenvalue weighted by Crippen LogP contribution is 2.26. The molecule has 0 fully saturated rings. The highest BCUT2D eigenvalue weighted by atomic mass is 16.3. The second-order valence-corrected chi connectivity index (χ2v) is 4.05. The number of hydrogen-bond acceptors (Lipinski definition) is 9. The lowest BCUT2D eigenvalue weighted by Crippen LogP contribution is -2.02. The van der Waals surface area contributed by atoms with Crippen LogP contribution in [-0.2, 0) is 0 Å². The summed E-state index contributed by atoms with van der Waals surface area (Å²) in [5.74, 6) is -0.159. The molecule has 0 aromatic carbocycles. The van der Waals surface area contributed by atoms with Gasteiger partial charge in [-0.05, 0) is 12.1 Å². The van der Waals surface area contributed by atoms with Gasteiger partial charge in [0, 0.05) is 12.3 Å². The maximum absolute atomic E-state index is 9.74. The Morgan fingerprint density at radius 1 is 0.857 bits per heavy atom. The van der Waals surface area contributed by atoms with Crippen LogP contribution in [0, 0.1) is 0 Å². The summed E-state index contributed by atoms with van der Waals surface area (Å²) in [6.45, 7) is 0. The first-order chi connectivity index (χ1) is 10.1. The third kappa shape index (κ3) is 2.39. The Morgan fingerprint density at radius 3 is 2.05 bits per heavy atom. The third-order valence-corrected chi connectivity index (χ3v) is 2.58. The normalized spacial score (nSPS) is 10.5. The van der Waals surface area contributed by atoms with Gasteiger partial charge in [-0.3, -0.25) is 0 Å². The van der Waals surface area contributed by atoms with Gasteiger partial charge < -0.3 is 15.9 Å². The number of nitrogens with two attached hydrogens (primary N) is 1. The van der Waals surface area contributed by atoms with Crippen molar-refractivity contribution in [2.24, 2.45) is 0 Å². The average Bonchev–Trinajstić information content (AvgIpc) is 2.48. The van der Waals surface area contributed by atoms with Gasteiger partial charge in [-0.2, -0.15) is 0 Å². The number of rotatable bonds is 2. The summed E-state index contributed by atoms with van der Waals surface area (Å²) in [7, 11) is 0. The number of anilines is 1. The molecule has 4 N–H and O–H groups in total. The van der Waals surface area contributed by atoms with E-state index < -0.39 is 0 Å². The molecule has 3 aromatic heterocycles. The SMILES string of the molecule is Nc1cnc(-c2nnc(-c3ncccc3O)nn2)c(O)c1. The van der Waals surface area contributed by atoms with Crippen molar-refractivity contribution in [3.8, 4) is 34.5 Å². The fraction of sp³-hybridized carbons (Fsp3) is 0. The van der Waals surface area contributed by atoms with Crippen molar-refractivity contribution in [1.82, 2.24) is 30.4 Å². The van der Waals surface area contributed by atoms with Crippen LogP contribution in [0.4, 0.5) is 5.69 Å². The molecular formula is C12H9N7O2. The van der Waals surface area contributed by atoms with Crippen LogP contribution >= 0.6 is 0 Å². The predicted molar refractivity (Wildman–Crippen MR) is 71.8 cm³/mol. The van der Waals surface area contributed by atoms with Crippen molar-refractivity contribution in [2.45, 2.75) is 0 Å². The van der Waals surface area contributed by atoms with Crippen LogP contribution < -0.4 is 5.73 Å². The van der Waals surface area contributed by atoms with Gasteiger partial charge in [0.1, 0.15) is 11.5 Å². The van der Waals surface area contributed by atoms with Crippen molar-refractivity contribution in [2.75, 3.05) is 5.73 Å². The summed E-state index contributed by atoms with van der Waals surface area (Å²) in [6.07, 6.45) is 2.84. The van der Waals surface area contributed by atoms with E-state index in [-0.39, 0.29) is 34.5 Å². The smallest absolute Gasteiger partial charge is 0.225 e. The number of nitrogen functional groups attached to an aromatic ring is 1. The Kier molecular flexibility index (Phi) is 2.99. The Hall–Kier alpha value is -3.36. The van der Waals surface area contributed by atoms with E-state index in [4.69, 9.17) is 5.73 Å². The van der Waals surface area contributed by atoms with Crippen LogP contribution in [0.2, 0.25) is 0 Å². The van der Waals surface area contributed by atoms with E-state index >= 15 is 0 Å². The zero-order valence-corrected chi connectivity index (χ0v) is 10.5. The van der Waals surface area contributed by atoms with Gasteiger partial charge >= 0.3 is 0 Å². The molecule has 3 aromatic rings. The van der Waals surface area contributed by atoms with Gasteiger partial charge in [-0.1, -0.05) is 0 Å². The van der Waals surface area contributed by atoms with Gasteiger partial charge in [0.2, 0.25) is 11.6 Å². The quantitative estimate of drug-likeness (QED) is 0.607. The van der Waals surface area contributed by atoms with Crippen LogP contribution in [-0.4, -0.2) is 40.6 Å². The Morgan fingerprint density at radius 2 is 1.48 bits per heavy atom. The maximum atomic E-state index is 9.74. The van der Waals surface area contributed by atoms with Crippen LogP contribution in [0.5, 0.6) is 11.5 Å². The lowest BCUT2D eigenvalue weighted by molar-refractivity contribution is 0.473. The van der Waals surface area contributed by atoms with Crippen molar-refractivity contribution < 1.29 is 10.2 Å². The van der Waals surface area contributed by atoms with E-state index in [1.54, 1.807) is 6.07 Å². The molecule has 3 heterocycles. The zero-order valence-electron chi connectivity index (χ0n) is 10.5. The van der Waals surface area contributed by atoms with E-state index in [1.807, 2.05) is 0 Å². The minimum Gasteiger partial charge on any atom is -0.506 e. The molecule has 0 atom stereocenters. The molecular weight excluding hydrogens is 274 g/mol. The number of aromatic hydroxyl groups is 2. The molecule has 0 spiro atoms. The summed E-state index contributed by atoms with van der Waals surface area (Å²) in [6, 6.07) is 4.35. The molecule has 0 aliphatic heterocycles. The fourth-order valence-electron chi connectivity index (χ4n) is 1.63. The van der Waals surface area contributed by atoms with Crippen LogP contribution in [0.3, 0.4) is 0 Å². The molecule has 9 heteroatoms. The molecule has 0 radical (unpaired) electrons. The molecule has 0 aliphatic carbocycles. The topological polar surface area (TPSA) is 144 Å². The Balaban J connectivity index is 2.00. The van der Waals surface area contributed by atoms with Crippen LogP contribution in [0.25, 0.3) is 23.0 Å². The number of pyridine rings is 2. The van der Waals surface area contributed by atoms with Gasteiger partial charge in [0.15, 0.2) is 11.4 Å². The van der Waals surface area contributed by atoms with E-state index in [9.17, 15) is 10.2 Å². The van der Waals surface area contributed by atoms with E-state index in [1.165, 1.54) is 24.5 Å². The van der Waals surface area contributed by atoms with Gasteiger partial charge in [0.05, 0.1) is 11.9 Å². The van der Waals surface area contributed by atoms with E-state index in [0.29, 0.717) is 5.69 Å². The highest BCUT2D eigenvalue weighted by molar-refractivity contribution is 5.62.